The normalized spacial score (nSPS) is 11.3. The second-order valence-corrected chi connectivity index (χ2v) is 7.34. The van der Waals surface area contributed by atoms with Crippen molar-refractivity contribution < 1.29 is 0 Å². The number of halogens is 1. The van der Waals surface area contributed by atoms with E-state index in [1.165, 1.54) is 10.6 Å². The number of thiophene rings is 1. The molecule has 3 aromatic rings. The zero-order valence-corrected chi connectivity index (χ0v) is 14.5. The Kier molecular flexibility index (Phi) is 4.11. The Morgan fingerprint density at radius 1 is 1.45 bits per heavy atom. The van der Waals surface area contributed by atoms with Gasteiger partial charge in [0.25, 0.3) is 0 Å². The van der Waals surface area contributed by atoms with Gasteiger partial charge in [-0.2, -0.15) is 0 Å². The summed E-state index contributed by atoms with van der Waals surface area (Å²) in [6.07, 6.45) is 2.08. The van der Waals surface area contributed by atoms with Crippen molar-refractivity contribution in [2.24, 2.45) is 0 Å². The van der Waals surface area contributed by atoms with Crippen molar-refractivity contribution >= 4 is 49.4 Å². The predicted octanol–water partition coefficient (Wildman–Crippen LogP) is 3.58. The van der Waals surface area contributed by atoms with Crippen molar-refractivity contribution in [1.29, 1.82) is 0 Å². The molecule has 0 saturated heterocycles. The molecule has 0 atom stereocenters. The van der Waals surface area contributed by atoms with Crippen LogP contribution in [0.4, 0.5) is 5.82 Å². The molecule has 4 nitrogen and oxygen atoms in total. The first-order valence-corrected chi connectivity index (χ1v) is 8.77. The van der Waals surface area contributed by atoms with Crippen LogP contribution in [0.2, 0.25) is 0 Å². The minimum atomic E-state index is 0.811. The van der Waals surface area contributed by atoms with Crippen molar-refractivity contribution in [3.05, 3.63) is 38.1 Å². The van der Waals surface area contributed by atoms with Crippen LogP contribution in [0.3, 0.4) is 0 Å². The molecule has 0 saturated carbocycles. The van der Waals surface area contributed by atoms with Crippen LogP contribution in [-0.2, 0) is 13.1 Å². The van der Waals surface area contributed by atoms with Crippen molar-refractivity contribution in [2.75, 3.05) is 19.0 Å². The molecule has 0 amide bonds. The molecule has 0 radical (unpaired) electrons. The van der Waals surface area contributed by atoms with E-state index in [4.69, 9.17) is 4.98 Å². The van der Waals surface area contributed by atoms with Crippen LogP contribution in [0.15, 0.2) is 27.5 Å². The number of anilines is 1. The van der Waals surface area contributed by atoms with Crippen molar-refractivity contribution in [3.63, 3.8) is 0 Å². The smallest absolute Gasteiger partial charge is 0.195 e. The molecule has 106 valence electrons. The van der Waals surface area contributed by atoms with Gasteiger partial charge in [-0.25, -0.2) is 4.98 Å². The van der Waals surface area contributed by atoms with Gasteiger partial charge in [-0.1, -0.05) is 0 Å². The Morgan fingerprint density at radius 2 is 2.30 bits per heavy atom. The van der Waals surface area contributed by atoms with Crippen LogP contribution >= 0.6 is 38.6 Å². The fourth-order valence-corrected chi connectivity index (χ4v) is 4.44. The van der Waals surface area contributed by atoms with E-state index in [9.17, 15) is 0 Å². The van der Waals surface area contributed by atoms with E-state index >= 15 is 0 Å². The van der Waals surface area contributed by atoms with Gasteiger partial charge in [0.2, 0.25) is 0 Å². The first kappa shape index (κ1) is 14.1. The van der Waals surface area contributed by atoms with Crippen molar-refractivity contribution in [1.82, 2.24) is 14.7 Å². The molecule has 3 rings (SSSR count). The summed E-state index contributed by atoms with van der Waals surface area (Å²) in [4.78, 5) is 9.34. The largest absolute Gasteiger partial charge is 0.353 e. The molecule has 3 aromatic heterocycles. The molecule has 0 aliphatic carbocycles. The van der Waals surface area contributed by atoms with Gasteiger partial charge in [0.15, 0.2) is 10.8 Å². The number of aromatic nitrogens is 2. The molecule has 0 bridgehead atoms. The standard InChI is InChI=1S/C13H15BrN4S2/c1-15-6-11-12(16-13-18(11)3-4-19-13)17(2)7-10-5-9(14)8-20-10/h3-5,8,15H,6-7H2,1-2H3. The maximum atomic E-state index is 4.75. The minimum absolute atomic E-state index is 0.811. The zero-order valence-electron chi connectivity index (χ0n) is 11.3. The third kappa shape index (κ3) is 2.63. The Morgan fingerprint density at radius 3 is 3.00 bits per heavy atom. The number of hydrogen-bond donors (Lipinski definition) is 1. The van der Waals surface area contributed by atoms with E-state index in [1.54, 1.807) is 22.7 Å². The lowest BCUT2D eigenvalue weighted by Crippen LogP contribution is -2.19. The summed E-state index contributed by atoms with van der Waals surface area (Å²) in [5, 5.41) is 7.41. The lowest BCUT2D eigenvalue weighted by Gasteiger charge is -2.17. The number of imidazole rings is 1. The number of fused-ring (bicyclic) bond motifs is 1. The molecule has 0 spiro atoms. The third-order valence-corrected chi connectivity index (χ3v) is 5.50. The van der Waals surface area contributed by atoms with Crippen LogP contribution in [-0.4, -0.2) is 23.5 Å². The highest BCUT2D eigenvalue weighted by atomic mass is 79.9. The van der Waals surface area contributed by atoms with Gasteiger partial charge in [-0.05, 0) is 29.0 Å². The highest BCUT2D eigenvalue weighted by Gasteiger charge is 2.16. The van der Waals surface area contributed by atoms with E-state index in [0.29, 0.717) is 0 Å². The maximum absolute atomic E-state index is 4.75. The first-order chi connectivity index (χ1) is 9.69. The monoisotopic (exact) mass is 370 g/mol. The third-order valence-electron chi connectivity index (χ3n) is 3.06. The highest BCUT2D eigenvalue weighted by Crippen LogP contribution is 2.27. The summed E-state index contributed by atoms with van der Waals surface area (Å²) < 4.78 is 3.31. The maximum Gasteiger partial charge on any atom is 0.195 e. The Hall–Kier alpha value is -0.890. The van der Waals surface area contributed by atoms with E-state index in [-0.39, 0.29) is 0 Å². The fourth-order valence-electron chi connectivity index (χ4n) is 2.20. The molecule has 7 heteroatoms. The second kappa shape index (κ2) is 5.85. The molecular weight excluding hydrogens is 356 g/mol. The lowest BCUT2D eigenvalue weighted by molar-refractivity contribution is 0.773. The van der Waals surface area contributed by atoms with Gasteiger partial charge in [0, 0.05) is 39.9 Å². The molecule has 0 aliphatic rings. The topological polar surface area (TPSA) is 32.6 Å². The van der Waals surface area contributed by atoms with Gasteiger partial charge >= 0.3 is 0 Å². The summed E-state index contributed by atoms with van der Waals surface area (Å²) in [5.74, 6) is 1.05. The number of nitrogens with one attached hydrogen (secondary N) is 1. The zero-order chi connectivity index (χ0) is 14.1. The summed E-state index contributed by atoms with van der Waals surface area (Å²) in [6.45, 7) is 1.68. The fraction of sp³-hybridized carbons (Fsp3) is 0.308. The average Bonchev–Trinajstić information content (AvgIpc) is 3.08. The van der Waals surface area contributed by atoms with Gasteiger partial charge in [-0.15, -0.1) is 22.7 Å². The van der Waals surface area contributed by atoms with Gasteiger partial charge in [0.05, 0.1) is 12.2 Å². The first-order valence-electron chi connectivity index (χ1n) is 6.22. The van der Waals surface area contributed by atoms with E-state index < -0.39 is 0 Å². The highest BCUT2D eigenvalue weighted by molar-refractivity contribution is 9.10. The molecule has 20 heavy (non-hydrogen) atoms. The molecular formula is C13H15BrN4S2. The molecule has 0 fully saturated rings. The Labute approximate surface area is 134 Å². The molecule has 0 aliphatic heterocycles. The van der Waals surface area contributed by atoms with Crippen LogP contribution in [0, 0.1) is 0 Å². The summed E-state index contributed by atoms with van der Waals surface area (Å²) in [7, 11) is 4.06. The van der Waals surface area contributed by atoms with E-state index in [0.717, 1.165) is 28.3 Å². The minimum Gasteiger partial charge on any atom is -0.353 e. The summed E-state index contributed by atoms with van der Waals surface area (Å²) in [6, 6.07) is 2.16. The Balaban J connectivity index is 1.91. The van der Waals surface area contributed by atoms with Crippen LogP contribution < -0.4 is 10.2 Å². The number of thiazole rings is 1. The van der Waals surface area contributed by atoms with Crippen LogP contribution in [0.5, 0.6) is 0 Å². The van der Waals surface area contributed by atoms with Gasteiger partial charge < -0.3 is 10.2 Å². The Bertz CT molecular complexity index is 715. The predicted molar refractivity (Wildman–Crippen MR) is 90.0 cm³/mol. The molecule has 0 aromatic carbocycles. The lowest BCUT2D eigenvalue weighted by atomic mass is 10.3. The summed E-state index contributed by atoms with van der Waals surface area (Å²) in [5.41, 5.74) is 1.21. The van der Waals surface area contributed by atoms with Gasteiger partial charge in [-0.3, -0.25) is 4.40 Å². The number of hydrogen-bond acceptors (Lipinski definition) is 5. The number of rotatable bonds is 5. The SMILES string of the molecule is CNCc1c(N(C)Cc2cc(Br)cs2)nc2sccn12. The average molecular weight is 371 g/mol. The van der Waals surface area contributed by atoms with Crippen LogP contribution in [0.25, 0.3) is 4.96 Å². The van der Waals surface area contributed by atoms with E-state index in [1.807, 2.05) is 7.05 Å². The van der Waals surface area contributed by atoms with Crippen LogP contribution in [0.1, 0.15) is 10.6 Å². The quantitative estimate of drug-likeness (QED) is 0.744. The second-order valence-electron chi connectivity index (χ2n) is 4.56. The molecule has 1 N–H and O–H groups in total. The van der Waals surface area contributed by atoms with Crippen molar-refractivity contribution in [3.8, 4) is 0 Å². The number of nitrogens with zero attached hydrogens (tertiary/aromatic N) is 3. The van der Waals surface area contributed by atoms with E-state index in [2.05, 4.69) is 60.6 Å². The molecule has 0 unspecified atom stereocenters. The van der Waals surface area contributed by atoms with Crippen molar-refractivity contribution in [2.45, 2.75) is 13.1 Å². The summed E-state index contributed by atoms with van der Waals surface area (Å²) >= 11 is 6.94. The van der Waals surface area contributed by atoms with Gasteiger partial charge in [0.1, 0.15) is 0 Å². The molecule has 3 heterocycles.